The van der Waals surface area contributed by atoms with Crippen LogP contribution < -0.4 is 19.6 Å². The van der Waals surface area contributed by atoms with Gasteiger partial charge in [0.05, 0.1) is 18.9 Å². The first-order valence-electron chi connectivity index (χ1n) is 9.76. The van der Waals surface area contributed by atoms with Crippen LogP contribution in [0, 0.1) is 0 Å². The van der Waals surface area contributed by atoms with E-state index in [9.17, 15) is 9.59 Å². The SMILES string of the molecule is COc1cc(/C=N\NC(=O)[C@H](C)Oc2ccc(Br)cc2)ccc1OC(=O)c1cccc(Br)c1. The summed E-state index contributed by atoms with van der Waals surface area (Å²) in [5.41, 5.74) is 3.48. The highest BCUT2D eigenvalue weighted by molar-refractivity contribution is 9.10. The van der Waals surface area contributed by atoms with Crippen molar-refractivity contribution < 1.29 is 23.8 Å². The zero-order valence-electron chi connectivity index (χ0n) is 17.7. The van der Waals surface area contributed by atoms with Gasteiger partial charge in [-0.05, 0) is 73.2 Å². The number of methoxy groups -OCH3 is 1. The second-order valence-electron chi connectivity index (χ2n) is 6.76. The molecule has 7 nitrogen and oxygen atoms in total. The van der Waals surface area contributed by atoms with Crippen molar-refractivity contribution in [2.45, 2.75) is 13.0 Å². The zero-order valence-corrected chi connectivity index (χ0v) is 20.9. The standard InChI is InChI=1S/C24H20Br2N2O5/c1-15(32-20-9-7-18(25)8-10-20)23(29)28-27-14-16-6-11-21(22(12-16)31-2)33-24(30)17-4-3-5-19(26)13-17/h3-15H,1-2H3,(H,28,29)/b27-14-/t15-/m0/s1. The van der Waals surface area contributed by atoms with Crippen LogP contribution >= 0.6 is 31.9 Å². The van der Waals surface area contributed by atoms with E-state index in [1.807, 2.05) is 18.2 Å². The van der Waals surface area contributed by atoms with E-state index in [2.05, 4.69) is 42.4 Å². The predicted octanol–water partition coefficient (Wildman–Crippen LogP) is 5.36. The minimum absolute atomic E-state index is 0.264. The molecule has 1 N–H and O–H groups in total. The lowest BCUT2D eigenvalue weighted by Crippen LogP contribution is -2.33. The van der Waals surface area contributed by atoms with Gasteiger partial charge in [-0.1, -0.05) is 37.9 Å². The van der Waals surface area contributed by atoms with Crippen molar-refractivity contribution in [1.29, 1.82) is 0 Å². The number of rotatable bonds is 8. The molecule has 0 radical (unpaired) electrons. The van der Waals surface area contributed by atoms with Gasteiger partial charge in [0.15, 0.2) is 17.6 Å². The summed E-state index contributed by atoms with van der Waals surface area (Å²) in [5, 5.41) is 3.96. The molecule has 3 aromatic rings. The molecule has 0 aliphatic rings. The van der Waals surface area contributed by atoms with E-state index >= 15 is 0 Å². The minimum atomic E-state index is -0.738. The molecule has 1 amide bonds. The summed E-state index contributed by atoms with van der Waals surface area (Å²) < 4.78 is 18.1. The van der Waals surface area contributed by atoms with Gasteiger partial charge in [-0.3, -0.25) is 4.79 Å². The first-order chi connectivity index (χ1) is 15.9. The topological polar surface area (TPSA) is 86.2 Å². The van der Waals surface area contributed by atoms with Crippen molar-refractivity contribution in [3.8, 4) is 17.2 Å². The van der Waals surface area contributed by atoms with Crippen LogP contribution in [0.3, 0.4) is 0 Å². The van der Waals surface area contributed by atoms with Gasteiger partial charge in [0, 0.05) is 8.95 Å². The lowest BCUT2D eigenvalue weighted by Gasteiger charge is -2.13. The first kappa shape index (κ1) is 24.5. The van der Waals surface area contributed by atoms with Crippen LogP contribution in [0.25, 0.3) is 0 Å². The number of carbonyl (C=O) groups is 2. The Labute approximate surface area is 208 Å². The average molecular weight is 576 g/mol. The highest BCUT2D eigenvalue weighted by Gasteiger charge is 2.15. The Balaban J connectivity index is 1.60. The number of hydrogen-bond acceptors (Lipinski definition) is 6. The molecule has 0 heterocycles. The van der Waals surface area contributed by atoms with Crippen LogP contribution in [0.1, 0.15) is 22.8 Å². The van der Waals surface area contributed by atoms with Crippen LogP contribution in [0.5, 0.6) is 17.2 Å². The third kappa shape index (κ3) is 7.16. The summed E-state index contributed by atoms with van der Waals surface area (Å²) >= 11 is 6.68. The van der Waals surface area contributed by atoms with Crippen molar-refractivity contribution >= 4 is 50.0 Å². The van der Waals surface area contributed by atoms with E-state index in [0.29, 0.717) is 22.6 Å². The molecule has 9 heteroatoms. The molecule has 0 spiro atoms. The number of carbonyl (C=O) groups excluding carboxylic acids is 2. The van der Waals surface area contributed by atoms with Crippen molar-refractivity contribution in [3.63, 3.8) is 0 Å². The second-order valence-corrected chi connectivity index (χ2v) is 8.59. The van der Waals surface area contributed by atoms with Crippen molar-refractivity contribution in [2.75, 3.05) is 7.11 Å². The normalized spacial score (nSPS) is 11.6. The monoisotopic (exact) mass is 574 g/mol. The smallest absolute Gasteiger partial charge is 0.343 e. The summed E-state index contributed by atoms with van der Waals surface area (Å²) in [6, 6.07) is 19.0. The van der Waals surface area contributed by atoms with Crippen molar-refractivity contribution in [2.24, 2.45) is 5.10 Å². The number of ether oxygens (including phenoxy) is 3. The Morgan fingerprint density at radius 1 is 0.970 bits per heavy atom. The van der Waals surface area contributed by atoms with Crippen LogP contribution in [0.15, 0.2) is 80.8 Å². The molecule has 0 unspecified atom stereocenters. The summed E-state index contributed by atoms with van der Waals surface area (Å²) in [7, 11) is 1.47. The Bertz CT molecular complexity index is 1170. The first-order valence-corrected chi connectivity index (χ1v) is 11.3. The van der Waals surface area contributed by atoms with Gasteiger partial charge in [0.2, 0.25) is 0 Å². The van der Waals surface area contributed by atoms with Gasteiger partial charge in [0.25, 0.3) is 5.91 Å². The fraction of sp³-hybridized carbons (Fsp3) is 0.125. The van der Waals surface area contributed by atoms with Crippen LogP contribution in [-0.2, 0) is 4.79 Å². The van der Waals surface area contributed by atoms with Gasteiger partial charge in [-0.15, -0.1) is 0 Å². The summed E-state index contributed by atoms with van der Waals surface area (Å²) in [6.45, 7) is 1.63. The largest absolute Gasteiger partial charge is 0.493 e. The van der Waals surface area contributed by atoms with E-state index < -0.39 is 18.0 Å². The molecule has 0 saturated carbocycles. The maximum Gasteiger partial charge on any atom is 0.343 e. The number of halogens is 2. The van der Waals surface area contributed by atoms with Gasteiger partial charge in [-0.25, -0.2) is 10.2 Å². The van der Waals surface area contributed by atoms with Crippen LogP contribution in [0.2, 0.25) is 0 Å². The van der Waals surface area contributed by atoms with Crippen molar-refractivity contribution in [3.05, 3.63) is 86.8 Å². The quantitative estimate of drug-likeness (QED) is 0.169. The average Bonchev–Trinajstić information content (AvgIpc) is 2.81. The summed E-state index contributed by atoms with van der Waals surface area (Å²) in [6.07, 6.45) is 0.713. The molecular formula is C24H20Br2N2O5. The lowest BCUT2D eigenvalue weighted by molar-refractivity contribution is -0.127. The Morgan fingerprint density at radius 2 is 1.73 bits per heavy atom. The molecule has 3 rings (SSSR count). The number of amides is 1. The number of hydrogen-bond donors (Lipinski definition) is 1. The number of hydrazone groups is 1. The van der Waals surface area contributed by atoms with E-state index in [0.717, 1.165) is 8.95 Å². The third-order valence-corrected chi connectivity index (χ3v) is 5.36. The Kier molecular flexibility index (Phi) is 8.62. The van der Waals surface area contributed by atoms with Gasteiger partial charge < -0.3 is 14.2 Å². The summed E-state index contributed by atoms with van der Waals surface area (Å²) in [5.74, 6) is 0.270. The maximum atomic E-state index is 12.4. The Hall–Kier alpha value is -3.17. The van der Waals surface area contributed by atoms with E-state index in [-0.39, 0.29) is 5.75 Å². The molecule has 0 aliphatic heterocycles. The second kappa shape index (κ2) is 11.6. The molecule has 1 atom stereocenters. The lowest BCUT2D eigenvalue weighted by atomic mass is 10.2. The molecule has 33 heavy (non-hydrogen) atoms. The highest BCUT2D eigenvalue weighted by Crippen LogP contribution is 2.28. The number of esters is 1. The molecule has 170 valence electrons. The molecular weight excluding hydrogens is 556 g/mol. The van der Waals surface area contributed by atoms with Gasteiger partial charge in [-0.2, -0.15) is 5.10 Å². The number of nitrogens with one attached hydrogen (secondary N) is 1. The molecule has 0 fully saturated rings. The Morgan fingerprint density at radius 3 is 2.42 bits per heavy atom. The van der Waals surface area contributed by atoms with Gasteiger partial charge >= 0.3 is 5.97 Å². The minimum Gasteiger partial charge on any atom is -0.493 e. The molecule has 0 aromatic heterocycles. The number of nitrogens with zero attached hydrogens (tertiary/aromatic N) is 1. The third-order valence-electron chi connectivity index (χ3n) is 4.33. The van der Waals surface area contributed by atoms with Crippen LogP contribution in [0.4, 0.5) is 0 Å². The van der Waals surface area contributed by atoms with Crippen LogP contribution in [-0.4, -0.2) is 31.3 Å². The highest BCUT2D eigenvalue weighted by atomic mass is 79.9. The molecule has 3 aromatic carbocycles. The fourth-order valence-corrected chi connectivity index (χ4v) is 3.32. The zero-order chi connectivity index (χ0) is 23.8. The van der Waals surface area contributed by atoms with E-state index in [1.54, 1.807) is 55.5 Å². The van der Waals surface area contributed by atoms with E-state index in [1.165, 1.54) is 13.3 Å². The molecule has 0 saturated heterocycles. The summed E-state index contributed by atoms with van der Waals surface area (Å²) in [4.78, 5) is 24.6. The molecule has 0 aliphatic carbocycles. The molecule has 0 bridgehead atoms. The number of benzene rings is 3. The van der Waals surface area contributed by atoms with Crippen molar-refractivity contribution in [1.82, 2.24) is 5.43 Å². The maximum absolute atomic E-state index is 12.4. The fourth-order valence-electron chi connectivity index (χ4n) is 2.66. The predicted molar refractivity (Wildman–Crippen MR) is 132 cm³/mol. The van der Waals surface area contributed by atoms with Gasteiger partial charge in [0.1, 0.15) is 5.75 Å². The van der Waals surface area contributed by atoms with E-state index in [4.69, 9.17) is 14.2 Å².